The number of hydrogen-bond donors (Lipinski definition) is 1. The third-order valence-corrected chi connectivity index (χ3v) is 3.59. The molecule has 2 aromatic rings. The van der Waals surface area contributed by atoms with Crippen molar-refractivity contribution < 1.29 is 22.7 Å². The highest BCUT2D eigenvalue weighted by Gasteiger charge is 2.31. The molecule has 0 saturated heterocycles. The maximum absolute atomic E-state index is 12.4. The Hall–Kier alpha value is -2.50. The zero-order chi connectivity index (χ0) is 17.7. The number of amides is 1. The van der Waals surface area contributed by atoms with Crippen LogP contribution in [0.2, 0.25) is 0 Å². The third kappa shape index (κ3) is 4.50. The maximum atomic E-state index is 12.4. The lowest BCUT2D eigenvalue weighted by molar-refractivity contribution is -0.274. The Balaban J connectivity index is 2.19. The Kier molecular flexibility index (Phi) is 5.49. The molecule has 0 fully saturated rings. The molecular formula is C18H18F3NO2. The number of rotatable bonds is 5. The second-order valence-corrected chi connectivity index (χ2v) is 5.18. The highest BCUT2D eigenvalue weighted by Crippen LogP contribution is 2.25. The normalized spacial score (nSPS) is 11.2. The number of aryl methyl sites for hydroxylation is 2. The molecule has 6 heteroatoms. The summed E-state index contributed by atoms with van der Waals surface area (Å²) in [6, 6.07) is 10.7. The van der Waals surface area contributed by atoms with E-state index in [0.717, 1.165) is 41.8 Å². The van der Waals surface area contributed by atoms with Crippen molar-refractivity contribution in [2.24, 2.45) is 0 Å². The number of carbonyl (C=O) groups excluding carboxylic acids is 1. The Morgan fingerprint density at radius 2 is 1.54 bits per heavy atom. The van der Waals surface area contributed by atoms with E-state index < -0.39 is 6.36 Å². The minimum atomic E-state index is -4.75. The first-order chi connectivity index (χ1) is 11.3. The Bertz CT molecular complexity index is 687. The van der Waals surface area contributed by atoms with Crippen LogP contribution in [0.1, 0.15) is 35.3 Å². The van der Waals surface area contributed by atoms with Crippen molar-refractivity contribution in [2.45, 2.75) is 33.1 Å². The van der Waals surface area contributed by atoms with Gasteiger partial charge in [0, 0.05) is 11.3 Å². The van der Waals surface area contributed by atoms with Crippen molar-refractivity contribution in [1.29, 1.82) is 0 Å². The molecule has 2 rings (SSSR count). The lowest BCUT2D eigenvalue weighted by atomic mass is 10.0. The molecule has 0 atom stereocenters. The first-order valence-corrected chi connectivity index (χ1v) is 7.62. The van der Waals surface area contributed by atoms with Crippen LogP contribution in [0.15, 0.2) is 42.5 Å². The molecular weight excluding hydrogens is 319 g/mol. The molecule has 24 heavy (non-hydrogen) atoms. The highest BCUT2D eigenvalue weighted by molar-refractivity contribution is 6.05. The predicted molar refractivity (Wildman–Crippen MR) is 86.3 cm³/mol. The van der Waals surface area contributed by atoms with E-state index in [4.69, 9.17) is 0 Å². The van der Waals surface area contributed by atoms with Crippen molar-refractivity contribution in [3.63, 3.8) is 0 Å². The summed E-state index contributed by atoms with van der Waals surface area (Å²) in [5, 5.41) is 2.86. The van der Waals surface area contributed by atoms with E-state index in [0.29, 0.717) is 0 Å². The number of carbonyl (C=O) groups is 1. The summed E-state index contributed by atoms with van der Waals surface area (Å²) in [5.41, 5.74) is 3.06. The van der Waals surface area contributed by atoms with Gasteiger partial charge < -0.3 is 10.1 Å². The van der Waals surface area contributed by atoms with Gasteiger partial charge in [0.2, 0.25) is 0 Å². The van der Waals surface area contributed by atoms with Crippen LogP contribution in [0.25, 0.3) is 0 Å². The van der Waals surface area contributed by atoms with Crippen LogP contribution in [0.4, 0.5) is 18.9 Å². The summed E-state index contributed by atoms with van der Waals surface area (Å²) in [6.07, 6.45) is -3.22. The smallest absolute Gasteiger partial charge is 0.406 e. The number of alkyl halides is 3. The van der Waals surface area contributed by atoms with E-state index in [9.17, 15) is 18.0 Å². The number of anilines is 1. The minimum absolute atomic E-state index is 0.262. The SMILES string of the molecule is CCc1cccc(CC)c1NC(=O)c1ccc(OC(F)(F)F)cc1. The number of hydrogen-bond acceptors (Lipinski definition) is 2. The maximum Gasteiger partial charge on any atom is 0.573 e. The third-order valence-electron chi connectivity index (χ3n) is 3.59. The van der Waals surface area contributed by atoms with E-state index in [1.807, 2.05) is 32.0 Å². The number of nitrogens with one attached hydrogen (secondary N) is 1. The summed E-state index contributed by atoms with van der Waals surface area (Å²) in [4.78, 5) is 12.4. The monoisotopic (exact) mass is 337 g/mol. The van der Waals surface area contributed by atoms with Crippen molar-refractivity contribution >= 4 is 11.6 Å². The van der Waals surface area contributed by atoms with Gasteiger partial charge in [0.05, 0.1) is 0 Å². The summed E-state index contributed by atoms with van der Waals surface area (Å²) in [6.45, 7) is 3.99. The van der Waals surface area contributed by atoms with Crippen LogP contribution in [0.5, 0.6) is 5.75 Å². The topological polar surface area (TPSA) is 38.3 Å². The van der Waals surface area contributed by atoms with Crippen LogP contribution in [0.3, 0.4) is 0 Å². The molecule has 0 aliphatic rings. The van der Waals surface area contributed by atoms with Crippen LogP contribution in [-0.4, -0.2) is 12.3 Å². The predicted octanol–water partition coefficient (Wildman–Crippen LogP) is 4.96. The van der Waals surface area contributed by atoms with E-state index in [1.165, 1.54) is 12.1 Å². The number of para-hydroxylation sites is 1. The highest BCUT2D eigenvalue weighted by atomic mass is 19.4. The molecule has 128 valence electrons. The summed E-state index contributed by atoms with van der Waals surface area (Å²) in [7, 11) is 0. The fourth-order valence-electron chi connectivity index (χ4n) is 2.40. The molecule has 0 aliphatic carbocycles. The Morgan fingerprint density at radius 1 is 1.00 bits per heavy atom. The first kappa shape index (κ1) is 17.8. The Labute approximate surface area is 138 Å². The molecule has 2 aromatic carbocycles. The van der Waals surface area contributed by atoms with Gasteiger partial charge in [0.15, 0.2) is 0 Å². The quantitative estimate of drug-likeness (QED) is 0.837. The summed E-state index contributed by atoms with van der Waals surface area (Å²) >= 11 is 0. The first-order valence-electron chi connectivity index (χ1n) is 7.62. The Morgan fingerprint density at radius 3 is 2.00 bits per heavy atom. The number of benzene rings is 2. The lowest BCUT2D eigenvalue weighted by Gasteiger charge is -2.14. The molecule has 0 spiro atoms. The van der Waals surface area contributed by atoms with Crippen molar-refractivity contribution in [2.75, 3.05) is 5.32 Å². The average molecular weight is 337 g/mol. The van der Waals surface area contributed by atoms with E-state index in [2.05, 4.69) is 10.1 Å². The molecule has 0 unspecified atom stereocenters. The van der Waals surface area contributed by atoms with Gasteiger partial charge >= 0.3 is 6.36 Å². The number of halogens is 3. The van der Waals surface area contributed by atoms with Gasteiger partial charge in [-0.15, -0.1) is 13.2 Å². The zero-order valence-electron chi connectivity index (χ0n) is 13.4. The van der Waals surface area contributed by atoms with Gasteiger partial charge in [-0.3, -0.25) is 4.79 Å². The molecule has 0 aromatic heterocycles. The van der Waals surface area contributed by atoms with Crippen molar-refractivity contribution in [3.8, 4) is 5.75 Å². The van der Waals surface area contributed by atoms with Gasteiger partial charge in [-0.2, -0.15) is 0 Å². The molecule has 1 amide bonds. The van der Waals surface area contributed by atoms with Crippen molar-refractivity contribution in [3.05, 3.63) is 59.2 Å². The molecule has 0 bridgehead atoms. The largest absolute Gasteiger partial charge is 0.573 e. The van der Waals surface area contributed by atoms with Gasteiger partial charge in [0.25, 0.3) is 5.91 Å². The van der Waals surface area contributed by atoms with Crippen LogP contribution in [-0.2, 0) is 12.8 Å². The fourth-order valence-corrected chi connectivity index (χ4v) is 2.40. The number of ether oxygens (including phenoxy) is 1. The summed E-state index contributed by atoms with van der Waals surface area (Å²) < 4.78 is 40.3. The van der Waals surface area contributed by atoms with Gasteiger partial charge in [0.1, 0.15) is 5.75 Å². The summed E-state index contributed by atoms with van der Waals surface area (Å²) in [5.74, 6) is -0.730. The fraction of sp³-hybridized carbons (Fsp3) is 0.278. The standard InChI is InChI=1S/C18H18F3NO2/c1-3-12-6-5-7-13(4-2)16(12)22-17(23)14-8-10-15(11-9-14)24-18(19,20)21/h5-11H,3-4H2,1-2H3,(H,22,23). The average Bonchev–Trinajstić information content (AvgIpc) is 2.54. The molecule has 0 heterocycles. The molecule has 0 saturated carbocycles. The molecule has 1 N–H and O–H groups in total. The van der Waals surface area contributed by atoms with Crippen LogP contribution in [0, 0.1) is 0 Å². The van der Waals surface area contributed by atoms with Crippen LogP contribution >= 0.6 is 0 Å². The second kappa shape index (κ2) is 7.38. The van der Waals surface area contributed by atoms with Gasteiger partial charge in [-0.05, 0) is 48.2 Å². The van der Waals surface area contributed by atoms with Crippen molar-refractivity contribution in [1.82, 2.24) is 0 Å². The molecule has 3 nitrogen and oxygen atoms in total. The van der Waals surface area contributed by atoms with E-state index in [-0.39, 0.29) is 17.2 Å². The van der Waals surface area contributed by atoms with Gasteiger partial charge in [-0.25, -0.2) is 0 Å². The molecule has 0 aliphatic heterocycles. The minimum Gasteiger partial charge on any atom is -0.406 e. The van der Waals surface area contributed by atoms with Gasteiger partial charge in [-0.1, -0.05) is 32.0 Å². The van der Waals surface area contributed by atoms with E-state index in [1.54, 1.807) is 0 Å². The zero-order valence-corrected chi connectivity index (χ0v) is 13.4. The lowest BCUT2D eigenvalue weighted by Crippen LogP contribution is -2.17. The molecule has 0 radical (unpaired) electrons. The second-order valence-electron chi connectivity index (χ2n) is 5.18. The van der Waals surface area contributed by atoms with Crippen LogP contribution < -0.4 is 10.1 Å². The van der Waals surface area contributed by atoms with E-state index >= 15 is 0 Å².